The molecule has 0 nitrogen and oxygen atoms in total. The van der Waals surface area contributed by atoms with Crippen molar-refractivity contribution in [3.05, 3.63) is 28.6 Å². The van der Waals surface area contributed by atoms with Crippen molar-refractivity contribution in [2.75, 3.05) is 0 Å². The van der Waals surface area contributed by atoms with Gasteiger partial charge in [0.1, 0.15) is 0 Å². The van der Waals surface area contributed by atoms with Crippen LogP contribution in [0.4, 0.5) is 0 Å². The van der Waals surface area contributed by atoms with E-state index in [1.165, 1.54) is 25.8 Å². The molecule has 0 saturated carbocycles. The van der Waals surface area contributed by atoms with Gasteiger partial charge >= 0.3 is 0 Å². The first-order valence-corrected chi connectivity index (χ1v) is 5.33. The molecule has 0 radical (unpaired) electrons. The van der Waals surface area contributed by atoms with Gasteiger partial charge in [0.15, 0.2) is 0 Å². The Labute approximate surface area is 78.8 Å². The maximum Gasteiger partial charge on any atom is 0.0352 e. The van der Waals surface area contributed by atoms with E-state index in [4.69, 9.17) is 0 Å². The minimum atomic E-state index is 1.34. The van der Waals surface area contributed by atoms with Crippen molar-refractivity contribution >= 4 is 36.0 Å². The Bertz CT molecular complexity index is 429. The zero-order chi connectivity index (χ0) is 8.72. The molecule has 1 atom stereocenters. The molecular weight excluding hydrogens is 183 g/mol. The smallest absolute Gasteiger partial charge is 0.0352 e. The number of benzene rings is 1. The van der Waals surface area contributed by atoms with Crippen LogP contribution in [0, 0.1) is 13.8 Å². The molecule has 0 fully saturated rings. The Morgan fingerprint density at radius 3 is 2.75 bits per heavy atom. The average Bonchev–Trinajstić information content (AvgIpc) is 2.31. The van der Waals surface area contributed by atoms with Crippen molar-refractivity contribution in [2.24, 2.45) is 0 Å². The molecule has 1 aromatic carbocycles. The van der Waals surface area contributed by atoms with Gasteiger partial charge in [-0.1, -0.05) is 11.6 Å². The normalized spacial score (nSPS) is 10.9. The van der Waals surface area contributed by atoms with Gasteiger partial charge < -0.3 is 0 Å². The van der Waals surface area contributed by atoms with E-state index in [1.807, 2.05) is 11.3 Å². The highest BCUT2D eigenvalue weighted by Crippen LogP contribution is 2.25. The summed E-state index contributed by atoms with van der Waals surface area (Å²) >= 11 is 1.87. The van der Waals surface area contributed by atoms with Gasteiger partial charge in [-0.3, -0.25) is 0 Å². The number of hydrogen-bond acceptors (Lipinski definition) is 1. The third kappa shape index (κ3) is 1.18. The topological polar surface area (TPSA) is 0 Å². The van der Waals surface area contributed by atoms with Crippen molar-refractivity contribution < 1.29 is 0 Å². The predicted molar refractivity (Wildman–Crippen MR) is 60.6 cm³/mol. The Morgan fingerprint density at radius 2 is 2.00 bits per heavy atom. The Hall–Kier alpha value is -0.390. The van der Waals surface area contributed by atoms with E-state index in [1.54, 1.807) is 0 Å². The van der Waals surface area contributed by atoms with Crippen LogP contribution in [-0.4, -0.2) is 0 Å². The van der Waals surface area contributed by atoms with E-state index in [9.17, 15) is 0 Å². The van der Waals surface area contributed by atoms with Crippen LogP contribution in [0.3, 0.4) is 0 Å². The lowest BCUT2D eigenvalue weighted by atomic mass is 10.2. The summed E-state index contributed by atoms with van der Waals surface area (Å²) in [6.07, 6.45) is 0. The van der Waals surface area contributed by atoms with Crippen molar-refractivity contribution in [1.82, 2.24) is 0 Å². The fourth-order valence-electron chi connectivity index (χ4n) is 1.35. The first kappa shape index (κ1) is 8.22. The van der Waals surface area contributed by atoms with E-state index < -0.39 is 0 Å². The van der Waals surface area contributed by atoms with Gasteiger partial charge in [-0.05, 0) is 31.3 Å². The van der Waals surface area contributed by atoms with Crippen LogP contribution in [-0.2, 0) is 0 Å². The van der Waals surface area contributed by atoms with Crippen LogP contribution in [0.15, 0.2) is 18.2 Å². The SMILES string of the molecule is Cc1ccc2sc(C)c(P)c2c1. The fraction of sp³-hybridized carbons (Fsp3) is 0.200. The molecule has 62 valence electrons. The lowest BCUT2D eigenvalue weighted by Crippen LogP contribution is -1.89. The van der Waals surface area contributed by atoms with Crippen molar-refractivity contribution in [3.63, 3.8) is 0 Å². The lowest BCUT2D eigenvalue weighted by Gasteiger charge is -1.93. The molecule has 0 bridgehead atoms. The molecule has 12 heavy (non-hydrogen) atoms. The molecule has 0 aliphatic rings. The third-order valence-corrected chi connectivity index (χ3v) is 4.12. The molecule has 0 aliphatic heterocycles. The first-order valence-electron chi connectivity index (χ1n) is 3.93. The number of thiophene rings is 1. The maximum absolute atomic E-state index is 2.82. The van der Waals surface area contributed by atoms with Gasteiger partial charge in [0.25, 0.3) is 0 Å². The first-order chi connectivity index (χ1) is 5.68. The molecule has 2 rings (SSSR count). The van der Waals surface area contributed by atoms with E-state index in [0.717, 1.165) is 0 Å². The quantitative estimate of drug-likeness (QED) is 0.565. The summed E-state index contributed by atoms with van der Waals surface area (Å²) in [7, 11) is 2.82. The Balaban J connectivity index is 2.88. The summed E-state index contributed by atoms with van der Waals surface area (Å²) < 4.78 is 1.39. The third-order valence-electron chi connectivity index (χ3n) is 2.07. The highest BCUT2D eigenvalue weighted by atomic mass is 32.1. The molecule has 2 aromatic rings. The van der Waals surface area contributed by atoms with Crippen LogP contribution < -0.4 is 5.30 Å². The Kier molecular flexibility index (Phi) is 1.94. The van der Waals surface area contributed by atoms with Crippen molar-refractivity contribution in [2.45, 2.75) is 13.8 Å². The van der Waals surface area contributed by atoms with Gasteiger partial charge in [0.05, 0.1) is 0 Å². The number of fused-ring (bicyclic) bond motifs is 1. The monoisotopic (exact) mass is 194 g/mol. The van der Waals surface area contributed by atoms with Crippen LogP contribution in [0.25, 0.3) is 10.1 Å². The van der Waals surface area contributed by atoms with Gasteiger partial charge in [0, 0.05) is 15.0 Å². The number of hydrogen-bond donors (Lipinski definition) is 0. The zero-order valence-electron chi connectivity index (χ0n) is 7.22. The summed E-state index contributed by atoms with van der Waals surface area (Å²) in [6.45, 7) is 4.30. The second-order valence-electron chi connectivity index (χ2n) is 3.07. The zero-order valence-corrected chi connectivity index (χ0v) is 9.19. The number of aryl methyl sites for hydroxylation is 2. The second kappa shape index (κ2) is 2.83. The molecule has 0 aliphatic carbocycles. The summed E-state index contributed by atoms with van der Waals surface area (Å²) in [6, 6.07) is 6.62. The van der Waals surface area contributed by atoms with E-state index in [2.05, 4.69) is 41.3 Å². The summed E-state index contributed by atoms with van der Waals surface area (Å²) in [5, 5.41) is 2.75. The van der Waals surface area contributed by atoms with Crippen LogP contribution in [0.2, 0.25) is 0 Å². The molecule has 0 spiro atoms. The minimum Gasteiger partial charge on any atom is -0.140 e. The van der Waals surface area contributed by atoms with Crippen molar-refractivity contribution in [1.29, 1.82) is 0 Å². The van der Waals surface area contributed by atoms with Crippen molar-refractivity contribution in [3.8, 4) is 0 Å². The van der Waals surface area contributed by atoms with Gasteiger partial charge in [0.2, 0.25) is 0 Å². The summed E-state index contributed by atoms with van der Waals surface area (Å²) in [5.74, 6) is 0. The largest absolute Gasteiger partial charge is 0.140 e. The van der Waals surface area contributed by atoms with E-state index in [0.29, 0.717) is 0 Å². The highest BCUT2D eigenvalue weighted by molar-refractivity contribution is 7.33. The molecule has 2 heteroatoms. The molecule has 1 aromatic heterocycles. The van der Waals surface area contributed by atoms with Gasteiger partial charge in [-0.25, -0.2) is 0 Å². The highest BCUT2D eigenvalue weighted by Gasteiger charge is 2.03. The standard InChI is InChI=1S/C10H11PS/c1-6-3-4-9-8(5-6)10(11)7(2)12-9/h3-5H,11H2,1-2H3. The molecule has 0 N–H and O–H groups in total. The van der Waals surface area contributed by atoms with Crippen LogP contribution in [0.1, 0.15) is 10.4 Å². The van der Waals surface area contributed by atoms with Gasteiger partial charge in [-0.15, -0.1) is 20.6 Å². The second-order valence-corrected chi connectivity index (χ2v) is 4.91. The molecule has 0 saturated heterocycles. The minimum absolute atomic E-state index is 1.34. The molecular formula is C10H11PS. The van der Waals surface area contributed by atoms with Crippen LogP contribution >= 0.6 is 20.6 Å². The molecule has 1 unspecified atom stereocenters. The molecule has 1 heterocycles. The maximum atomic E-state index is 2.82. The fourth-order valence-corrected chi connectivity index (χ4v) is 2.84. The van der Waals surface area contributed by atoms with Gasteiger partial charge in [-0.2, -0.15) is 0 Å². The number of rotatable bonds is 0. The molecule has 0 amide bonds. The summed E-state index contributed by atoms with van der Waals surface area (Å²) in [4.78, 5) is 1.40. The lowest BCUT2D eigenvalue weighted by molar-refractivity contribution is 1.52. The predicted octanol–water partition coefficient (Wildman–Crippen LogP) is 3.02. The summed E-state index contributed by atoms with van der Waals surface area (Å²) in [5.41, 5.74) is 1.34. The van der Waals surface area contributed by atoms with E-state index >= 15 is 0 Å². The Morgan fingerprint density at radius 1 is 1.25 bits per heavy atom. The average molecular weight is 194 g/mol. The van der Waals surface area contributed by atoms with Crippen LogP contribution in [0.5, 0.6) is 0 Å². The van der Waals surface area contributed by atoms with E-state index in [-0.39, 0.29) is 0 Å².